The van der Waals surface area contributed by atoms with E-state index in [9.17, 15) is 0 Å². The molecular weight excluding hydrogens is 300 g/mol. The van der Waals surface area contributed by atoms with Crippen molar-refractivity contribution in [2.75, 3.05) is 26.7 Å². The van der Waals surface area contributed by atoms with Gasteiger partial charge in [-0.1, -0.05) is 35.5 Å². The van der Waals surface area contributed by atoms with Gasteiger partial charge in [-0.15, -0.1) is 0 Å². The summed E-state index contributed by atoms with van der Waals surface area (Å²) in [5, 5.41) is 4.02. The van der Waals surface area contributed by atoms with Gasteiger partial charge in [0.05, 0.1) is 6.54 Å². The summed E-state index contributed by atoms with van der Waals surface area (Å²) in [7, 11) is 2.26. The number of nitrogens with zero attached hydrogens (tertiary/aromatic N) is 4. The highest BCUT2D eigenvalue weighted by Crippen LogP contribution is 2.17. The predicted octanol–water partition coefficient (Wildman–Crippen LogP) is 2.91. The third kappa shape index (κ3) is 4.89. The van der Waals surface area contributed by atoms with E-state index in [4.69, 9.17) is 4.52 Å². The van der Waals surface area contributed by atoms with Crippen LogP contribution in [-0.4, -0.2) is 52.7 Å². The van der Waals surface area contributed by atoms with Crippen molar-refractivity contribution in [3.63, 3.8) is 0 Å². The Hall–Kier alpha value is -1.72. The van der Waals surface area contributed by atoms with E-state index < -0.39 is 0 Å². The Kier molecular flexibility index (Phi) is 5.99. The molecule has 0 unspecified atom stereocenters. The van der Waals surface area contributed by atoms with Crippen molar-refractivity contribution in [3.05, 3.63) is 47.6 Å². The zero-order valence-corrected chi connectivity index (χ0v) is 14.8. The molecule has 1 aromatic carbocycles. The Balaban J connectivity index is 1.43. The van der Waals surface area contributed by atoms with Gasteiger partial charge in [-0.3, -0.25) is 4.90 Å². The zero-order valence-electron chi connectivity index (χ0n) is 14.8. The number of aryl methyl sites for hydroxylation is 2. The molecule has 1 aromatic heterocycles. The zero-order chi connectivity index (χ0) is 16.8. The molecule has 0 bridgehead atoms. The molecular formula is C19H28N4O. The van der Waals surface area contributed by atoms with Gasteiger partial charge in [-0.2, -0.15) is 4.98 Å². The van der Waals surface area contributed by atoms with Gasteiger partial charge >= 0.3 is 0 Å². The molecule has 1 saturated heterocycles. The van der Waals surface area contributed by atoms with Crippen LogP contribution in [0.2, 0.25) is 0 Å². The molecule has 24 heavy (non-hydrogen) atoms. The molecule has 5 nitrogen and oxygen atoms in total. The van der Waals surface area contributed by atoms with Crippen molar-refractivity contribution >= 4 is 0 Å². The highest BCUT2D eigenvalue weighted by molar-refractivity contribution is 5.14. The fraction of sp³-hybridized carbons (Fsp3) is 0.579. The summed E-state index contributed by atoms with van der Waals surface area (Å²) in [5.74, 6) is 1.46. The third-order valence-electron chi connectivity index (χ3n) is 4.86. The summed E-state index contributed by atoms with van der Waals surface area (Å²) in [6, 6.07) is 11.4. The van der Waals surface area contributed by atoms with Crippen molar-refractivity contribution in [2.45, 2.75) is 45.2 Å². The minimum absolute atomic E-state index is 0.627. The van der Waals surface area contributed by atoms with Crippen molar-refractivity contribution in [1.82, 2.24) is 19.9 Å². The van der Waals surface area contributed by atoms with Gasteiger partial charge in [0.15, 0.2) is 5.82 Å². The summed E-state index contributed by atoms with van der Waals surface area (Å²) >= 11 is 0. The van der Waals surface area contributed by atoms with Crippen molar-refractivity contribution in [1.29, 1.82) is 0 Å². The number of benzene rings is 1. The summed E-state index contributed by atoms with van der Waals surface area (Å²) in [5.41, 5.74) is 1.43. The molecule has 130 valence electrons. The lowest BCUT2D eigenvalue weighted by Crippen LogP contribution is -2.46. The van der Waals surface area contributed by atoms with Crippen LogP contribution in [0.15, 0.2) is 34.9 Å². The second kappa shape index (κ2) is 8.40. The average molecular weight is 328 g/mol. The smallest absolute Gasteiger partial charge is 0.223 e. The molecule has 1 aliphatic heterocycles. The standard InChI is InChI=1S/C19H28N4O/c1-16-20-19(21-24-16)15-23-13-7-11-18(14-23)22(2)12-6-10-17-8-4-3-5-9-17/h3-5,8-9,18H,6-7,10-15H2,1-2H3/t18-/m1/s1. The van der Waals surface area contributed by atoms with Crippen LogP contribution in [0.3, 0.4) is 0 Å². The second-order valence-electron chi connectivity index (χ2n) is 6.83. The van der Waals surface area contributed by atoms with Crippen LogP contribution in [0.25, 0.3) is 0 Å². The molecule has 2 aromatic rings. The Morgan fingerprint density at radius 3 is 2.88 bits per heavy atom. The van der Waals surface area contributed by atoms with Crippen LogP contribution in [0.4, 0.5) is 0 Å². The van der Waals surface area contributed by atoms with Gasteiger partial charge in [0.25, 0.3) is 0 Å². The first-order valence-corrected chi connectivity index (χ1v) is 8.96. The Morgan fingerprint density at radius 2 is 2.12 bits per heavy atom. The maximum absolute atomic E-state index is 5.08. The highest BCUT2D eigenvalue weighted by Gasteiger charge is 2.23. The maximum Gasteiger partial charge on any atom is 0.223 e. The van der Waals surface area contributed by atoms with Gasteiger partial charge in [-0.25, -0.2) is 0 Å². The largest absolute Gasteiger partial charge is 0.340 e. The number of rotatable bonds is 7. The van der Waals surface area contributed by atoms with E-state index in [1.165, 1.54) is 24.8 Å². The Morgan fingerprint density at radius 1 is 1.29 bits per heavy atom. The minimum atomic E-state index is 0.627. The minimum Gasteiger partial charge on any atom is -0.340 e. The maximum atomic E-state index is 5.08. The van der Waals surface area contributed by atoms with Crippen LogP contribution in [0.1, 0.15) is 36.5 Å². The molecule has 1 atom stereocenters. The molecule has 1 fully saturated rings. The van der Waals surface area contributed by atoms with Gasteiger partial charge in [0, 0.05) is 19.5 Å². The van der Waals surface area contributed by atoms with Crippen LogP contribution in [0.5, 0.6) is 0 Å². The molecule has 2 heterocycles. The topological polar surface area (TPSA) is 45.4 Å². The molecule has 1 aliphatic rings. The van der Waals surface area contributed by atoms with E-state index in [1.54, 1.807) is 0 Å². The first-order valence-electron chi connectivity index (χ1n) is 8.96. The number of likely N-dealkylation sites (N-methyl/N-ethyl adjacent to an activating group) is 1. The van der Waals surface area contributed by atoms with E-state index in [0.717, 1.165) is 38.4 Å². The quantitative estimate of drug-likeness (QED) is 0.782. The lowest BCUT2D eigenvalue weighted by molar-refractivity contribution is 0.108. The molecule has 5 heteroatoms. The molecule has 0 radical (unpaired) electrons. The monoisotopic (exact) mass is 328 g/mol. The SMILES string of the molecule is Cc1nc(CN2CCC[C@@H](N(C)CCCc3ccccc3)C2)no1. The van der Waals surface area contributed by atoms with E-state index in [0.29, 0.717) is 11.9 Å². The first kappa shape index (κ1) is 17.1. The number of likely N-dealkylation sites (tertiary alicyclic amines) is 1. The molecule has 0 saturated carbocycles. The summed E-state index contributed by atoms with van der Waals surface area (Å²) in [4.78, 5) is 9.30. The summed E-state index contributed by atoms with van der Waals surface area (Å²) in [6.45, 7) is 6.01. The van der Waals surface area contributed by atoms with Crippen LogP contribution < -0.4 is 0 Å². The summed E-state index contributed by atoms with van der Waals surface area (Å²) in [6.07, 6.45) is 4.89. The lowest BCUT2D eigenvalue weighted by Gasteiger charge is -2.37. The van der Waals surface area contributed by atoms with E-state index >= 15 is 0 Å². The number of piperidine rings is 1. The molecule has 0 N–H and O–H groups in total. The van der Waals surface area contributed by atoms with Crippen molar-refractivity contribution in [2.24, 2.45) is 0 Å². The second-order valence-corrected chi connectivity index (χ2v) is 6.83. The average Bonchev–Trinajstić information content (AvgIpc) is 3.01. The highest BCUT2D eigenvalue weighted by atomic mass is 16.5. The third-order valence-corrected chi connectivity index (χ3v) is 4.86. The lowest BCUT2D eigenvalue weighted by atomic mass is 10.0. The molecule has 0 aliphatic carbocycles. The van der Waals surface area contributed by atoms with Gasteiger partial charge in [0.2, 0.25) is 5.89 Å². The molecule has 3 rings (SSSR count). The van der Waals surface area contributed by atoms with Crippen LogP contribution in [-0.2, 0) is 13.0 Å². The van der Waals surface area contributed by atoms with Gasteiger partial charge < -0.3 is 9.42 Å². The van der Waals surface area contributed by atoms with Crippen molar-refractivity contribution in [3.8, 4) is 0 Å². The predicted molar refractivity (Wildman–Crippen MR) is 94.7 cm³/mol. The van der Waals surface area contributed by atoms with Gasteiger partial charge in [0.1, 0.15) is 0 Å². The first-order chi connectivity index (χ1) is 11.7. The fourth-order valence-electron chi connectivity index (χ4n) is 3.50. The van der Waals surface area contributed by atoms with E-state index in [1.807, 2.05) is 6.92 Å². The van der Waals surface area contributed by atoms with Crippen LogP contribution in [0, 0.1) is 6.92 Å². The fourth-order valence-corrected chi connectivity index (χ4v) is 3.50. The normalized spacial score (nSPS) is 19.0. The van der Waals surface area contributed by atoms with E-state index in [2.05, 4.69) is 57.3 Å². The number of aromatic nitrogens is 2. The Bertz CT molecular complexity index is 613. The number of hydrogen-bond acceptors (Lipinski definition) is 5. The Labute approximate surface area is 144 Å². The van der Waals surface area contributed by atoms with Crippen LogP contribution >= 0.6 is 0 Å². The van der Waals surface area contributed by atoms with Crippen molar-refractivity contribution < 1.29 is 4.52 Å². The van der Waals surface area contributed by atoms with Gasteiger partial charge in [-0.05, 0) is 51.4 Å². The molecule has 0 spiro atoms. The van der Waals surface area contributed by atoms with E-state index in [-0.39, 0.29) is 0 Å². The molecule has 0 amide bonds. The summed E-state index contributed by atoms with van der Waals surface area (Å²) < 4.78 is 5.08. The number of hydrogen-bond donors (Lipinski definition) is 0.